The van der Waals surface area contributed by atoms with Gasteiger partial charge in [0, 0.05) is 35.4 Å². The van der Waals surface area contributed by atoms with Crippen LogP contribution < -0.4 is 10.6 Å². The molecule has 2 amide bonds. The molecule has 120 valence electrons. The lowest BCUT2D eigenvalue weighted by atomic mass is 10.2. The summed E-state index contributed by atoms with van der Waals surface area (Å²) < 4.78 is 13.5. The van der Waals surface area contributed by atoms with Gasteiger partial charge in [0.05, 0.1) is 0 Å². The van der Waals surface area contributed by atoms with E-state index in [4.69, 9.17) is 0 Å². The minimum atomic E-state index is -0.281. The number of hydrogen-bond donors (Lipinski definition) is 2. The number of anilines is 1. The maximum Gasteiger partial charge on any atom is 0.251 e. The maximum absolute atomic E-state index is 13.5. The van der Waals surface area contributed by atoms with E-state index in [-0.39, 0.29) is 24.1 Å². The highest BCUT2D eigenvalue weighted by atomic mass is 32.2. The Morgan fingerprint density at radius 2 is 1.91 bits per heavy atom. The van der Waals surface area contributed by atoms with E-state index in [0.29, 0.717) is 21.9 Å². The molecule has 2 rings (SSSR count). The van der Waals surface area contributed by atoms with Crippen LogP contribution in [0.25, 0.3) is 0 Å². The van der Waals surface area contributed by atoms with Crippen LogP contribution in [0, 0.1) is 5.82 Å². The molecule has 23 heavy (non-hydrogen) atoms. The lowest BCUT2D eigenvalue weighted by molar-refractivity contribution is -0.115. The van der Waals surface area contributed by atoms with Crippen LogP contribution in [-0.2, 0) is 4.79 Å². The number of nitrogens with one attached hydrogen (secondary N) is 2. The third-order valence-electron chi connectivity index (χ3n) is 3.06. The van der Waals surface area contributed by atoms with Gasteiger partial charge in [0.2, 0.25) is 5.91 Å². The van der Waals surface area contributed by atoms with Crippen LogP contribution in [0.2, 0.25) is 0 Å². The average molecular weight is 332 g/mol. The molecule has 0 atom stereocenters. The van der Waals surface area contributed by atoms with E-state index in [0.717, 1.165) is 0 Å². The summed E-state index contributed by atoms with van der Waals surface area (Å²) in [6, 6.07) is 13.2. The molecule has 2 aromatic rings. The van der Waals surface area contributed by atoms with E-state index < -0.39 is 0 Å². The molecule has 4 nitrogen and oxygen atoms in total. The quantitative estimate of drug-likeness (QED) is 0.798. The molecular formula is C17H17FN2O2S. The topological polar surface area (TPSA) is 58.2 Å². The van der Waals surface area contributed by atoms with E-state index in [1.165, 1.54) is 17.8 Å². The molecule has 0 heterocycles. The highest BCUT2D eigenvalue weighted by Gasteiger charge is 2.07. The molecule has 0 aliphatic carbocycles. The zero-order chi connectivity index (χ0) is 16.7. The Hall–Kier alpha value is -2.34. The molecule has 0 saturated heterocycles. The van der Waals surface area contributed by atoms with E-state index in [9.17, 15) is 14.0 Å². The average Bonchev–Trinajstić information content (AvgIpc) is 2.56. The number of hydrogen-bond acceptors (Lipinski definition) is 3. The first kappa shape index (κ1) is 17.0. The number of carbonyl (C=O) groups excluding carboxylic acids is 2. The fourth-order valence-electron chi connectivity index (χ4n) is 1.92. The summed E-state index contributed by atoms with van der Waals surface area (Å²) in [6.07, 6.45) is 0.253. The molecular weight excluding hydrogens is 315 g/mol. The van der Waals surface area contributed by atoms with Gasteiger partial charge in [-0.3, -0.25) is 9.59 Å². The Morgan fingerprint density at radius 1 is 1.13 bits per heavy atom. The summed E-state index contributed by atoms with van der Waals surface area (Å²) in [5.41, 5.74) is 1.04. The van der Waals surface area contributed by atoms with E-state index in [2.05, 4.69) is 10.6 Å². The van der Waals surface area contributed by atoms with Crippen molar-refractivity contribution in [2.75, 3.05) is 18.1 Å². The van der Waals surface area contributed by atoms with Gasteiger partial charge in [-0.25, -0.2) is 4.39 Å². The van der Waals surface area contributed by atoms with Crippen molar-refractivity contribution in [1.82, 2.24) is 5.32 Å². The van der Waals surface area contributed by atoms with Crippen LogP contribution in [-0.4, -0.2) is 24.6 Å². The zero-order valence-corrected chi connectivity index (χ0v) is 13.5. The SMILES string of the molecule is CNC(=O)c1cccc(NC(=O)CCSc2ccccc2F)c1. The molecule has 0 unspecified atom stereocenters. The summed E-state index contributed by atoms with van der Waals surface area (Å²) >= 11 is 1.30. The van der Waals surface area contributed by atoms with Crippen molar-refractivity contribution in [2.45, 2.75) is 11.3 Å². The summed E-state index contributed by atoms with van der Waals surface area (Å²) in [7, 11) is 1.55. The highest BCUT2D eigenvalue weighted by Crippen LogP contribution is 2.22. The summed E-state index contributed by atoms with van der Waals surface area (Å²) in [4.78, 5) is 24.0. The molecule has 0 radical (unpaired) electrons. The molecule has 0 aliphatic rings. The molecule has 2 aromatic carbocycles. The molecule has 0 spiro atoms. The monoisotopic (exact) mass is 332 g/mol. The van der Waals surface area contributed by atoms with Gasteiger partial charge in [-0.05, 0) is 30.3 Å². The van der Waals surface area contributed by atoms with Gasteiger partial charge in [0.25, 0.3) is 5.91 Å². The first-order chi connectivity index (χ1) is 11.1. The largest absolute Gasteiger partial charge is 0.355 e. The molecule has 0 bridgehead atoms. The van der Waals surface area contributed by atoms with E-state index in [1.54, 1.807) is 49.5 Å². The van der Waals surface area contributed by atoms with Crippen molar-refractivity contribution in [1.29, 1.82) is 0 Å². The summed E-state index contributed by atoms with van der Waals surface area (Å²) in [5.74, 6) is -0.197. The predicted octanol–water partition coefficient (Wildman–Crippen LogP) is 3.31. The standard InChI is InChI=1S/C17H17FN2O2S/c1-19-17(22)12-5-4-6-13(11-12)20-16(21)9-10-23-15-8-3-2-7-14(15)18/h2-8,11H,9-10H2,1H3,(H,19,22)(H,20,21). The molecule has 0 aromatic heterocycles. The van der Waals surface area contributed by atoms with Gasteiger partial charge in [-0.15, -0.1) is 11.8 Å². The Labute approximate surface area is 138 Å². The van der Waals surface area contributed by atoms with E-state index >= 15 is 0 Å². The summed E-state index contributed by atoms with van der Waals surface area (Å²) in [6.45, 7) is 0. The van der Waals surface area contributed by atoms with Gasteiger partial charge in [-0.2, -0.15) is 0 Å². The van der Waals surface area contributed by atoms with Crippen LogP contribution in [0.5, 0.6) is 0 Å². The zero-order valence-electron chi connectivity index (χ0n) is 12.6. The normalized spacial score (nSPS) is 10.2. The highest BCUT2D eigenvalue weighted by molar-refractivity contribution is 7.99. The number of halogens is 1. The number of rotatable bonds is 6. The van der Waals surface area contributed by atoms with Crippen LogP contribution in [0.4, 0.5) is 10.1 Å². The first-order valence-corrected chi connectivity index (χ1v) is 8.08. The van der Waals surface area contributed by atoms with Crippen molar-refractivity contribution in [3.05, 3.63) is 59.9 Å². The number of amides is 2. The second-order valence-corrected chi connectivity index (χ2v) is 5.87. The Balaban J connectivity index is 1.85. The minimum absolute atomic E-state index is 0.178. The third kappa shape index (κ3) is 5.10. The Bertz CT molecular complexity index is 706. The second-order valence-electron chi connectivity index (χ2n) is 4.74. The van der Waals surface area contributed by atoms with Crippen molar-refractivity contribution in [2.24, 2.45) is 0 Å². The van der Waals surface area contributed by atoms with Crippen molar-refractivity contribution in [3.63, 3.8) is 0 Å². The van der Waals surface area contributed by atoms with Gasteiger partial charge in [0.1, 0.15) is 5.82 Å². The molecule has 0 aliphatic heterocycles. The summed E-state index contributed by atoms with van der Waals surface area (Å²) in [5, 5.41) is 5.27. The maximum atomic E-state index is 13.5. The van der Waals surface area contributed by atoms with Crippen molar-refractivity contribution < 1.29 is 14.0 Å². The smallest absolute Gasteiger partial charge is 0.251 e. The van der Waals surface area contributed by atoms with Crippen LogP contribution in [0.15, 0.2) is 53.4 Å². The lowest BCUT2D eigenvalue weighted by Crippen LogP contribution is -2.18. The Morgan fingerprint density at radius 3 is 2.65 bits per heavy atom. The van der Waals surface area contributed by atoms with Gasteiger partial charge < -0.3 is 10.6 Å². The molecule has 6 heteroatoms. The fourth-order valence-corrected chi connectivity index (χ4v) is 2.81. The number of benzene rings is 2. The second kappa shape index (κ2) is 8.33. The third-order valence-corrected chi connectivity index (χ3v) is 4.11. The van der Waals surface area contributed by atoms with Crippen LogP contribution in [0.1, 0.15) is 16.8 Å². The first-order valence-electron chi connectivity index (χ1n) is 7.09. The van der Waals surface area contributed by atoms with E-state index in [1.807, 2.05) is 0 Å². The number of carbonyl (C=O) groups is 2. The van der Waals surface area contributed by atoms with Gasteiger partial charge in [-0.1, -0.05) is 18.2 Å². The molecule has 0 fully saturated rings. The van der Waals surface area contributed by atoms with Gasteiger partial charge >= 0.3 is 0 Å². The number of thioether (sulfide) groups is 1. The van der Waals surface area contributed by atoms with Crippen molar-refractivity contribution in [3.8, 4) is 0 Å². The van der Waals surface area contributed by atoms with Crippen LogP contribution in [0.3, 0.4) is 0 Å². The molecule has 2 N–H and O–H groups in total. The molecule has 0 saturated carbocycles. The fraction of sp³-hybridized carbons (Fsp3) is 0.176. The lowest BCUT2D eigenvalue weighted by Gasteiger charge is -2.07. The van der Waals surface area contributed by atoms with Crippen LogP contribution >= 0.6 is 11.8 Å². The predicted molar refractivity (Wildman–Crippen MR) is 90.2 cm³/mol. The van der Waals surface area contributed by atoms with Crippen molar-refractivity contribution >= 4 is 29.3 Å². The minimum Gasteiger partial charge on any atom is -0.355 e. The Kier molecular flexibility index (Phi) is 6.17. The van der Waals surface area contributed by atoms with Gasteiger partial charge in [0.15, 0.2) is 0 Å².